The molecule has 110 valence electrons. The lowest BCUT2D eigenvalue weighted by Gasteiger charge is -2.21. The zero-order valence-electron chi connectivity index (χ0n) is 12.0. The number of rotatable bonds is 1. The molecule has 3 nitrogen and oxygen atoms in total. The number of halogens is 1. The van der Waals surface area contributed by atoms with Gasteiger partial charge >= 0.3 is 0 Å². The molecule has 4 heteroatoms. The number of fused-ring (bicyclic) bond motifs is 1. The molecular formula is C16H23ClN2O. The normalized spacial score (nSPS) is 25.6. The minimum absolute atomic E-state index is 0. The van der Waals surface area contributed by atoms with Crippen LogP contribution in [-0.2, 0) is 0 Å². The van der Waals surface area contributed by atoms with Crippen LogP contribution in [0.3, 0.4) is 0 Å². The molecule has 0 unspecified atom stereocenters. The van der Waals surface area contributed by atoms with Crippen molar-refractivity contribution in [2.24, 2.45) is 11.8 Å². The number of benzene rings is 1. The first-order valence-corrected chi connectivity index (χ1v) is 7.30. The van der Waals surface area contributed by atoms with Crippen molar-refractivity contribution in [3.8, 4) is 0 Å². The summed E-state index contributed by atoms with van der Waals surface area (Å²) in [5.74, 6) is 1.75. The van der Waals surface area contributed by atoms with Crippen LogP contribution < -0.4 is 5.32 Å². The Hall–Kier alpha value is -1.06. The summed E-state index contributed by atoms with van der Waals surface area (Å²) in [6.07, 6.45) is 2.30. The van der Waals surface area contributed by atoms with Gasteiger partial charge in [-0.25, -0.2) is 0 Å². The van der Waals surface area contributed by atoms with Crippen molar-refractivity contribution in [3.05, 3.63) is 35.4 Å². The second-order valence-electron chi connectivity index (χ2n) is 5.91. The van der Waals surface area contributed by atoms with Crippen molar-refractivity contribution in [2.75, 3.05) is 26.2 Å². The lowest BCUT2D eigenvalue weighted by Crippen LogP contribution is -2.32. The van der Waals surface area contributed by atoms with Gasteiger partial charge < -0.3 is 10.2 Å². The van der Waals surface area contributed by atoms with E-state index in [4.69, 9.17) is 0 Å². The molecule has 0 saturated carbocycles. The van der Waals surface area contributed by atoms with E-state index in [1.807, 2.05) is 36.1 Å². The second-order valence-corrected chi connectivity index (χ2v) is 5.91. The number of aryl methyl sites for hydroxylation is 1. The number of likely N-dealkylation sites (tertiary alicyclic amines) is 1. The maximum atomic E-state index is 12.5. The van der Waals surface area contributed by atoms with Crippen molar-refractivity contribution in [3.63, 3.8) is 0 Å². The van der Waals surface area contributed by atoms with E-state index < -0.39 is 0 Å². The highest BCUT2D eigenvalue weighted by atomic mass is 35.5. The third kappa shape index (κ3) is 3.15. The Morgan fingerprint density at radius 3 is 2.20 bits per heavy atom. The van der Waals surface area contributed by atoms with Crippen LogP contribution in [0.5, 0.6) is 0 Å². The lowest BCUT2D eigenvalue weighted by molar-refractivity contribution is 0.0758. The van der Waals surface area contributed by atoms with Crippen LogP contribution in [0.4, 0.5) is 0 Å². The van der Waals surface area contributed by atoms with Gasteiger partial charge in [-0.2, -0.15) is 0 Å². The fourth-order valence-electron chi connectivity index (χ4n) is 3.30. The van der Waals surface area contributed by atoms with Crippen molar-refractivity contribution >= 4 is 18.3 Å². The van der Waals surface area contributed by atoms with E-state index in [0.29, 0.717) is 0 Å². The summed E-state index contributed by atoms with van der Waals surface area (Å²) in [5, 5.41) is 3.47. The molecule has 0 aromatic heterocycles. The zero-order chi connectivity index (χ0) is 13.2. The first-order chi connectivity index (χ1) is 9.24. The molecule has 0 bridgehead atoms. The maximum absolute atomic E-state index is 12.5. The Balaban J connectivity index is 0.00000147. The third-order valence-electron chi connectivity index (χ3n) is 4.61. The highest BCUT2D eigenvalue weighted by Gasteiger charge is 2.31. The molecule has 0 spiro atoms. The molecule has 2 fully saturated rings. The summed E-state index contributed by atoms with van der Waals surface area (Å²) in [6, 6.07) is 7.93. The number of hydrogen-bond acceptors (Lipinski definition) is 2. The molecule has 1 aromatic carbocycles. The minimum Gasteiger partial charge on any atom is -0.339 e. The van der Waals surface area contributed by atoms with Gasteiger partial charge in [-0.1, -0.05) is 17.7 Å². The first kappa shape index (κ1) is 15.3. The Morgan fingerprint density at radius 2 is 1.65 bits per heavy atom. The van der Waals surface area contributed by atoms with E-state index in [1.165, 1.54) is 5.56 Å². The summed E-state index contributed by atoms with van der Waals surface area (Å²) in [6.45, 7) is 6.15. The molecule has 3 rings (SSSR count). The van der Waals surface area contributed by atoms with Crippen LogP contribution in [-0.4, -0.2) is 37.0 Å². The second kappa shape index (κ2) is 6.59. The van der Waals surface area contributed by atoms with E-state index in [0.717, 1.165) is 56.4 Å². The average Bonchev–Trinajstić information content (AvgIpc) is 2.78. The Morgan fingerprint density at radius 1 is 1.10 bits per heavy atom. The number of hydrogen-bond donors (Lipinski definition) is 1. The molecular weight excluding hydrogens is 272 g/mol. The van der Waals surface area contributed by atoms with Crippen molar-refractivity contribution < 1.29 is 4.79 Å². The van der Waals surface area contributed by atoms with Crippen molar-refractivity contribution in [1.29, 1.82) is 0 Å². The molecule has 2 atom stereocenters. The first-order valence-electron chi connectivity index (χ1n) is 7.30. The highest BCUT2D eigenvalue weighted by Crippen LogP contribution is 2.27. The molecule has 20 heavy (non-hydrogen) atoms. The maximum Gasteiger partial charge on any atom is 0.253 e. The van der Waals surface area contributed by atoms with E-state index in [2.05, 4.69) is 5.32 Å². The van der Waals surface area contributed by atoms with E-state index >= 15 is 0 Å². The number of nitrogens with zero attached hydrogens (tertiary/aromatic N) is 1. The van der Waals surface area contributed by atoms with Gasteiger partial charge in [0.15, 0.2) is 0 Å². The fourth-order valence-corrected chi connectivity index (χ4v) is 3.30. The highest BCUT2D eigenvalue weighted by molar-refractivity contribution is 5.94. The molecule has 2 heterocycles. The summed E-state index contributed by atoms with van der Waals surface area (Å²) >= 11 is 0. The van der Waals surface area contributed by atoms with Crippen LogP contribution in [0.15, 0.2) is 24.3 Å². The standard InChI is InChI=1S/C16H22N2O.ClH/c1-12-2-4-13(5-3-12)16(19)18-8-6-14-10-17-11-15(14)7-9-18;/h2-5,14-15,17H,6-11H2,1H3;1H/t14-,15+;. The van der Waals surface area contributed by atoms with E-state index in [-0.39, 0.29) is 18.3 Å². The Bertz CT molecular complexity index is 446. The summed E-state index contributed by atoms with van der Waals surface area (Å²) in [7, 11) is 0. The minimum atomic E-state index is 0. The number of amides is 1. The molecule has 1 amide bonds. The van der Waals surface area contributed by atoms with Crippen LogP contribution in [0, 0.1) is 18.8 Å². The summed E-state index contributed by atoms with van der Waals surface area (Å²) in [4.78, 5) is 14.5. The smallest absolute Gasteiger partial charge is 0.253 e. The van der Waals surface area contributed by atoms with Gasteiger partial charge in [0.25, 0.3) is 5.91 Å². The van der Waals surface area contributed by atoms with Crippen LogP contribution >= 0.6 is 12.4 Å². The van der Waals surface area contributed by atoms with Gasteiger partial charge in [0.2, 0.25) is 0 Å². The third-order valence-corrected chi connectivity index (χ3v) is 4.61. The topological polar surface area (TPSA) is 32.3 Å². The van der Waals surface area contributed by atoms with E-state index in [9.17, 15) is 4.79 Å². The van der Waals surface area contributed by atoms with Crippen LogP contribution in [0.1, 0.15) is 28.8 Å². The monoisotopic (exact) mass is 294 g/mol. The molecule has 2 aliphatic rings. The number of carbonyl (C=O) groups excluding carboxylic acids is 1. The van der Waals surface area contributed by atoms with Crippen LogP contribution in [0.2, 0.25) is 0 Å². The molecule has 2 saturated heterocycles. The number of carbonyl (C=O) groups is 1. The van der Waals surface area contributed by atoms with Gasteiger partial charge in [-0.05, 0) is 56.8 Å². The SMILES string of the molecule is Cc1ccc(C(=O)N2CC[C@@H]3CNC[C@@H]3CC2)cc1.Cl. The Kier molecular flexibility index (Phi) is 5.06. The van der Waals surface area contributed by atoms with Gasteiger partial charge in [-0.3, -0.25) is 4.79 Å². The molecule has 0 aliphatic carbocycles. The van der Waals surface area contributed by atoms with Crippen molar-refractivity contribution in [1.82, 2.24) is 10.2 Å². The van der Waals surface area contributed by atoms with Crippen molar-refractivity contribution in [2.45, 2.75) is 19.8 Å². The molecule has 1 aromatic rings. The number of nitrogens with one attached hydrogen (secondary N) is 1. The largest absolute Gasteiger partial charge is 0.339 e. The van der Waals surface area contributed by atoms with Crippen LogP contribution in [0.25, 0.3) is 0 Å². The van der Waals surface area contributed by atoms with Gasteiger partial charge in [-0.15, -0.1) is 12.4 Å². The Labute approximate surface area is 127 Å². The summed E-state index contributed by atoms with van der Waals surface area (Å²) in [5.41, 5.74) is 2.03. The van der Waals surface area contributed by atoms with Gasteiger partial charge in [0, 0.05) is 18.7 Å². The predicted molar refractivity (Wildman–Crippen MR) is 83.4 cm³/mol. The fraction of sp³-hybridized carbons (Fsp3) is 0.562. The molecule has 2 aliphatic heterocycles. The lowest BCUT2D eigenvalue weighted by atomic mass is 9.92. The summed E-state index contributed by atoms with van der Waals surface area (Å²) < 4.78 is 0. The van der Waals surface area contributed by atoms with Gasteiger partial charge in [0.05, 0.1) is 0 Å². The van der Waals surface area contributed by atoms with Gasteiger partial charge in [0.1, 0.15) is 0 Å². The van der Waals surface area contributed by atoms with E-state index in [1.54, 1.807) is 0 Å². The molecule has 0 radical (unpaired) electrons. The molecule has 1 N–H and O–H groups in total. The predicted octanol–water partition coefficient (Wildman–Crippen LogP) is 2.49. The quantitative estimate of drug-likeness (QED) is 0.863. The average molecular weight is 295 g/mol. The zero-order valence-corrected chi connectivity index (χ0v) is 12.8.